The first-order valence-corrected chi connectivity index (χ1v) is 9.77. The van der Waals surface area contributed by atoms with Crippen LogP contribution in [0.3, 0.4) is 0 Å². The van der Waals surface area contributed by atoms with Crippen molar-refractivity contribution in [2.24, 2.45) is 0 Å². The highest BCUT2D eigenvalue weighted by Crippen LogP contribution is 2.21. The maximum Gasteiger partial charge on any atom is 0.158 e. The van der Waals surface area contributed by atoms with E-state index in [1.807, 2.05) is 53.2 Å². The molecule has 7 nitrogen and oxygen atoms in total. The van der Waals surface area contributed by atoms with E-state index in [0.717, 1.165) is 47.4 Å². The van der Waals surface area contributed by atoms with E-state index in [0.29, 0.717) is 19.6 Å². The number of morpholine rings is 1. The molecule has 2 aromatic carbocycles. The van der Waals surface area contributed by atoms with Crippen LogP contribution in [0, 0.1) is 0 Å². The number of hydrogen-bond acceptors (Lipinski definition) is 6. The largest absolute Gasteiger partial charge is 0.497 e. The normalized spacial score (nSPS) is 16.6. The summed E-state index contributed by atoms with van der Waals surface area (Å²) < 4.78 is 18.4. The summed E-state index contributed by atoms with van der Waals surface area (Å²) in [5.41, 5.74) is 2.28. The predicted octanol–water partition coefficient (Wildman–Crippen LogP) is 2.60. The molecular weight excluding hydrogens is 368 g/mol. The van der Waals surface area contributed by atoms with Gasteiger partial charge in [-0.25, -0.2) is 9.67 Å². The molecule has 29 heavy (non-hydrogen) atoms. The summed E-state index contributed by atoms with van der Waals surface area (Å²) in [5.74, 6) is 3.33. The van der Waals surface area contributed by atoms with Gasteiger partial charge in [0, 0.05) is 19.5 Å². The fourth-order valence-corrected chi connectivity index (χ4v) is 3.39. The highest BCUT2D eigenvalue weighted by atomic mass is 16.5. The van der Waals surface area contributed by atoms with Crippen molar-refractivity contribution in [2.75, 3.05) is 33.9 Å². The van der Waals surface area contributed by atoms with Crippen LogP contribution in [0.15, 0.2) is 48.5 Å². The molecule has 1 unspecified atom stereocenters. The maximum atomic E-state index is 5.95. The van der Waals surface area contributed by atoms with E-state index in [1.54, 1.807) is 14.2 Å². The minimum absolute atomic E-state index is 0.0980. The number of ether oxygens (including phenoxy) is 3. The lowest BCUT2D eigenvalue weighted by Crippen LogP contribution is -2.34. The van der Waals surface area contributed by atoms with Crippen LogP contribution in [0.1, 0.15) is 28.9 Å². The predicted molar refractivity (Wildman–Crippen MR) is 109 cm³/mol. The molecule has 0 aliphatic carbocycles. The number of nitrogens with zero attached hydrogens (tertiary/aromatic N) is 3. The van der Waals surface area contributed by atoms with Crippen molar-refractivity contribution in [3.63, 3.8) is 0 Å². The summed E-state index contributed by atoms with van der Waals surface area (Å²) in [7, 11) is 3.34. The third kappa shape index (κ3) is 4.75. The molecule has 1 atom stereocenters. The average molecular weight is 394 g/mol. The summed E-state index contributed by atoms with van der Waals surface area (Å²) in [6.45, 7) is 2.91. The molecule has 1 N–H and O–H groups in total. The van der Waals surface area contributed by atoms with Crippen LogP contribution in [-0.4, -0.2) is 48.7 Å². The highest BCUT2D eigenvalue weighted by Gasteiger charge is 2.23. The molecule has 1 fully saturated rings. The van der Waals surface area contributed by atoms with Crippen molar-refractivity contribution in [1.29, 1.82) is 0 Å². The van der Waals surface area contributed by atoms with Crippen LogP contribution < -0.4 is 14.8 Å². The molecule has 0 radical (unpaired) electrons. The van der Waals surface area contributed by atoms with E-state index < -0.39 is 0 Å². The lowest BCUT2D eigenvalue weighted by molar-refractivity contribution is 0.0195. The molecule has 7 heteroatoms. The third-order valence-corrected chi connectivity index (χ3v) is 4.97. The number of hydrogen-bond donors (Lipinski definition) is 1. The lowest BCUT2D eigenvalue weighted by Gasteiger charge is -2.23. The average Bonchev–Trinajstić information content (AvgIpc) is 3.17. The van der Waals surface area contributed by atoms with E-state index in [1.165, 1.54) is 0 Å². The van der Waals surface area contributed by atoms with E-state index in [-0.39, 0.29) is 6.10 Å². The lowest BCUT2D eigenvalue weighted by atomic mass is 10.1. The highest BCUT2D eigenvalue weighted by molar-refractivity contribution is 5.29. The molecule has 0 bridgehead atoms. The van der Waals surface area contributed by atoms with Crippen LogP contribution in [0.25, 0.3) is 0 Å². The number of nitrogens with one attached hydrogen (secondary N) is 1. The molecule has 0 spiro atoms. The molecule has 3 aromatic rings. The van der Waals surface area contributed by atoms with E-state index in [4.69, 9.17) is 24.3 Å². The topological polar surface area (TPSA) is 70.4 Å². The van der Waals surface area contributed by atoms with Crippen LogP contribution in [0.4, 0.5) is 0 Å². The summed E-state index contributed by atoms with van der Waals surface area (Å²) in [4.78, 5) is 4.83. The molecule has 1 aliphatic heterocycles. The molecule has 2 heterocycles. The van der Waals surface area contributed by atoms with E-state index >= 15 is 0 Å². The van der Waals surface area contributed by atoms with Crippen LogP contribution in [-0.2, 0) is 17.7 Å². The van der Waals surface area contributed by atoms with Crippen molar-refractivity contribution >= 4 is 0 Å². The molecule has 0 saturated carbocycles. The van der Waals surface area contributed by atoms with Gasteiger partial charge < -0.3 is 19.5 Å². The quantitative estimate of drug-likeness (QED) is 0.664. The van der Waals surface area contributed by atoms with Gasteiger partial charge in [-0.15, -0.1) is 0 Å². The Morgan fingerprint density at radius 2 is 1.66 bits per heavy atom. The summed E-state index contributed by atoms with van der Waals surface area (Å²) in [6, 6.07) is 16.0. The first-order chi connectivity index (χ1) is 14.2. The Balaban J connectivity index is 1.58. The Bertz CT molecular complexity index is 916. The second-order valence-electron chi connectivity index (χ2n) is 6.98. The molecule has 0 amide bonds. The summed E-state index contributed by atoms with van der Waals surface area (Å²) in [5, 5.41) is 8.17. The van der Waals surface area contributed by atoms with Gasteiger partial charge in [-0.05, 0) is 35.4 Å². The Labute approximate surface area is 170 Å². The molecule has 1 aromatic heterocycles. The molecular formula is C22H26N4O3. The molecule has 152 valence electrons. The van der Waals surface area contributed by atoms with Crippen molar-refractivity contribution in [3.8, 4) is 11.5 Å². The van der Waals surface area contributed by atoms with Gasteiger partial charge in [0.2, 0.25) is 0 Å². The van der Waals surface area contributed by atoms with Gasteiger partial charge in [0.05, 0.1) is 27.4 Å². The van der Waals surface area contributed by atoms with Crippen LogP contribution in [0.5, 0.6) is 11.5 Å². The molecule has 1 aliphatic rings. The maximum absolute atomic E-state index is 5.95. The summed E-state index contributed by atoms with van der Waals surface area (Å²) in [6.07, 6.45) is 0.561. The zero-order valence-corrected chi connectivity index (χ0v) is 16.8. The number of benzene rings is 2. The van der Waals surface area contributed by atoms with Gasteiger partial charge in [-0.3, -0.25) is 0 Å². The monoisotopic (exact) mass is 394 g/mol. The molecule has 4 rings (SSSR count). The zero-order chi connectivity index (χ0) is 20.1. The zero-order valence-electron chi connectivity index (χ0n) is 16.8. The fourth-order valence-electron chi connectivity index (χ4n) is 3.39. The van der Waals surface area contributed by atoms with Gasteiger partial charge in [0.15, 0.2) is 11.6 Å². The van der Waals surface area contributed by atoms with Crippen LogP contribution >= 0.6 is 0 Å². The Morgan fingerprint density at radius 1 is 1.00 bits per heavy atom. The van der Waals surface area contributed by atoms with Gasteiger partial charge in [-0.1, -0.05) is 24.3 Å². The van der Waals surface area contributed by atoms with Crippen molar-refractivity contribution in [3.05, 3.63) is 71.3 Å². The number of rotatable bonds is 7. The summed E-state index contributed by atoms with van der Waals surface area (Å²) >= 11 is 0. The smallest absolute Gasteiger partial charge is 0.158 e. The van der Waals surface area contributed by atoms with Gasteiger partial charge >= 0.3 is 0 Å². The molecule has 1 saturated heterocycles. The standard InChI is InChI=1S/C22H26N4O3/c1-27-18-7-3-16(4-8-18)13-21-24-22(20-14-23-11-12-29-20)26(25-21)15-17-5-9-19(28-2)10-6-17/h3-10,20,23H,11-15H2,1-2H3. The fraction of sp³-hybridized carbons (Fsp3) is 0.364. The minimum Gasteiger partial charge on any atom is -0.497 e. The number of aromatic nitrogens is 3. The van der Waals surface area contributed by atoms with Crippen molar-refractivity contribution in [1.82, 2.24) is 20.1 Å². The SMILES string of the molecule is COc1ccc(Cc2nc(C3CNCCO3)n(Cc3ccc(OC)cc3)n2)cc1. The second-order valence-corrected chi connectivity index (χ2v) is 6.98. The van der Waals surface area contributed by atoms with Gasteiger partial charge in [0.1, 0.15) is 17.6 Å². The van der Waals surface area contributed by atoms with Crippen molar-refractivity contribution in [2.45, 2.75) is 19.1 Å². The third-order valence-electron chi connectivity index (χ3n) is 4.97. The van der Waals surface area contributed by atoms with Crippen LogP contribution in [0.2, 0.25) is 0 Å². The first kappa shape index (κ1) is 19.4. The van der Waals surface area contributed by atoms with Gasteiger partial charge in [-0.2, -0.15) is 5.10 Å². The van der Waals surface area contributed by atoms with E-state index in [2.05, 4.69) is 5.32 Å². The number of methoxy groups -OCH3 is 2. The van der Waals surface area contributed by atoms with Gasteiger partial charge in [0.25, 0.3) is 0 Å². The minimum atomic E-state index is -0.0980. The van der Waals surface area contributed by atoms with Crippen molar-refractivity contribution < 1.29 is 14.2 Å². The Morgan fingerprint density at radius 3 is 2.24 bits per heavy atom. The first-order valence-electron chi connectivity index (χ1n) is 9.77. The Kier molecular flexibility index (Phi) is 6.07. The van der Waals surface area contributed by atoms with E-state index in [9.17, 15) is 0 Å². The Hall–Kier alpha value is -2.90. The second kappa shape index (κ2) is 9.07.